The van der Waals surface area contributed by atoms with E-state index in [1.54, 1.807) is 6.92 Å². The molecule has 0 unspecified atom stereocenters. The molecule has 0 fully saturated rings. The van der Waals surface area contributed by atoms with Gasteiger partial charge in [-0.05, 0) is 24.1 Å². The molecule has 0 aliphatic rings. The fourth-order valence-corrected chi connectivity index (χ4v) is 1.55. The highest BCUT2D eigenvalue weighted by molar-refractivity contribution is 5.95. The van der Waals surface area contributed by atoms with Crippen LogP contribution >= 0.6 is 0 Å². The van der Waals surface area contributed by atoms with E-state index in [0.717, 1.165) is 16.7 Å². The molecule has 0 aliphatic carbocycles. The van der Waals surface area contributed by atoms with Crippen molar-refractivity contribution >= 4 is 11.9 Å². The van der Waals surface area contributed by atoms with Crippen LogP contribution in [0, 0.1) is 0 Å². The SMILES string of the molecule is CC(=O)c1cccc(-c2ccccc2)c1.O=C=O. The summed E-state index contributed by atoms with van der Waals surface area (Å²) in [5.41, 5.74) is 2.99. The molecular weight excluding hydrogens is 228 g/mol. The largest absolute Gasteiger partial charge is 0.373 e. The van der Waals surface area contributed by atoms with Crippen molar-refractivity contribution in [3.05, 3.63) is 60.2 Å². The van der Waals surface area contributed by atoms with Crippen molar-refractivity contribution in [3.8, 4) is 11.1 Å². The van der Waals surface area contributed by atoms with Crippen LogP contribution in [-0.4, -0.2) is 11.9 Å². The lowest BCUT2D eigenvalue weighted by Crippen LogP contribution is -1.91. The van der Waals surface area contributed by atoms with Crippen molar-refractivity contribution in [3.63, 3.8) is 0 Å². The maximum absolute atomic E-state index is 11.2. The average Bonchev–Trinajstić information content (AvgIpc) is 2.41. The molecular formula is C15H12O3. The van der Waals surface area contributed by atoms with Crippen LogP contribution in [0.25, 0.3) is 11.1 Å². The molecule has 0 amide bonds. The third-order valence-corrected chi connectivity index (χ3v) is 2.38. The molecule has 0 heterocycles. The molecule has 3 nitrogen and oxygen atoms in total. The number of rotatable bonds is 2. The smallest absolute Gasteiger partial charge is 0.295 e. The number of hydrogen-bond acceptors (Lipinski definition) is 3. The monoisotopic (exact) mass is 240 g/mol. The topological polar surface area (TPSA) is 51.2 Å². The predicted octanol–water partition coefficient (Wildman–Crippen LogP) is 2.97. The van der Waals surface area contributed by atoms with Gasteiger partial charge in [0.05, 0.1) is 0 Å². The van der Waals surface area contributed by atoms with Gasteiger partial charge in [0.1, 0.15) is 0 Å². The van der Waals surface area contributed by atoms with Gasteiger partial charge in [0, 0.05) is 5.56 Å². The highest BCUT2D eigenvalue weighted by atomic mass is 16.2. The number of Topliss-reactive ketones (excluding diaryl/α,β-unsaturated/α-hetero) is 1. The van der Waals surface area contributed by atoms with Gasteiger partial charge in [-0.15, -0.1) is 0 Å². The summed E-state index contributed by atoms with van der Waals surface area (Å²) in [5.74, 6) is 0.104. The number of ketones is 1. The van der Waals surface area contributed by atoms with Crippen LogP contribution in [0.15, 0.2) is 54.6 Å². The molecule has 0 aliphatic heterocycles. The van der Waals surface area contributed by atoms with Crippen molar-refractivity contribution in [1.82, 2.24) is 0 Å². The van der Waals surface area contributed by atoms with Crippen LogP contribution in [0.4, 0.5) is 0 Å². The molecule has 2 rings (SSSR count). The second-order valence-corrected chi connectivity index (χ2v) is 3.59. The van der Waals surface area contributed by atoms with E-state index in [1.807, 2.05) is 54.6 Å². The molecule has 2 aromatic carbocycles. The predicted molar refractivity (Wildman–Crippen MR) is 66.9 cm³/mol. The van der Waals surface area contributed by atoms with Gasteiger partial charge in [0.15, 0.2) is 5.78 Å². The number of hydrogen-bond donors (Lipinski definition) is 0. The first-order valence-corrected chi connectivity index (χ1v) is 5.34. The summed E-state index contributed by atoms with van der Waals surface area (Å²) in [7, 11) is 0. The van der Waals surface area contributed by atoms with E-state index in [1.165, 1.54) is 0 Å². The first kappa shape index (κ1) is 13.6. The quantitative estimate of drug-likeness (QED) is 0.758. The first-order chi connectivity index (χ1) is 8.69. The average molecular weight is 240 g/mol. The molecule has 0 radical (unpaired) electrons. The van der Waals surface area contributed by atoms with Crippen molar-refractivity contribution < 1.29 is 14.4 Å². The van der Waals surface area contributed by atoms with Crippen molar-refractivity contribution in [2.45, 2.75) is 6.92 Å². The summed E-state index contributed by atoms with van der Waals surface area (Å²) in [6, 6.07) is 17.8. The Labute approximate surface area is 105 Å². The standard InChI is InChI=1S/C14H12O.CO2/c1-11(15)13-8-5-9-14(10-13)12-6-3-2-4-7-12;2-1-3/h2-10H,1H3;. The third kappa shape index (κ3) is 3.81. The van der Waals surface area contributed by atoms with E-state index in [4.69, 9.17) is 9.59 Å². The van der Waals surface area contributed by atoms with Gasteiger partial charge in [-0.1, -0.05) is 48.5 Å². The van der Waals surface area contributed by atoms with Crippen LogP contribution in [0.3, 0.4) is 0 Å². The van der Waals surface area contributed by atoms with E-state index >= 15 is 0 Å². The van der Waals surface area contributed by atoms with Gasteiger partial charge in [-0.2, -0.15) is 9.59 Å². The molecule has 18 heavy (non-hydrogen) atoms. The van der Waals surface area contributed by atoms with Gasteiger partial charge >= 0.3 is 6.15 Å². The summed E-state index contributed by atoms with van der Waals surface area (Å²) in [4.78, 5) is 27.5. The Morgan fingerprint density at radius 2 is 1.44 bits per heavy atom. The lowest BCUT2D eigenvalue weighted by Gasteiger charge is -2.02. The fraction of sp³-hybridized carbons (Fsp3) is 0.0667. The summed E-state index contributed by atoms with van der Waals surface area (Å²) in [5, 5.41) is 0. The lowest BCUT2D eigenvalue weighted by atomic mass is 10.0. The molecule has 0 N–H and O–H groups in total. The molecule has 90 valence electrons. The van der Waals surface area contributed by atoms with Gasteiger partial charge < -0.3 is 0 Å². The van der Waals surface area contributed by atoms with Crippen molar-refractivity contribution in [2.24, 2.45) is 0 Å². The van der Waals surface area contributed by atoms with E-state index in [0.29, 0.717) is 0 Å². The Morgan fingerprint density at radius 3 is 2.00 bits per heavy atom. The third-order valence-electron chi connectivity index (χ3n) is 2.38. The number of carbonyl (C=O) groups excluding carboxylic acids is 3. The van der Waals surface area contributed by atoms with Gasteiger partial charge in [-0.25, -0.2) is 0 Å². The zero-order valence-electron chi connectivity index (χ0n) is 9.92. The molecule has 0 spiro atoms. The first-order valence-electron chi connectivity index (χ1n) is 5.34. The normalized spacial score (nSPS) is 8.72. The van der Waals surface area contributed by atoms with Crippen LogP contribution < -0.4 is 0 Å². The van der Waals surface area contributed by atoms with Crippen LogP contribution in [0.2, 0.25) is 0 Å². The Bertz CT molecular complexity index is 553. The summed E-state index contributed by atoms with van der Waals surface area (Å²) in [6.45, 7) is 1.59. The Morgan fingerprint density at radius 1 is 0.889 bits per heavy atom. The van der Waals surface area contributed by atoms with Gasteiger partial charge in [0.25, 0.3) is 0 Å². The van der Waals surface area contributed by atoms with E-state index < -0.39 is 0 Å². The van der Waals surface area contributed by atoms with Crippen molar-refractivity contribution in [1.29, 1.82) is 0 Å². The van der Waals surface area contributed by atoms with E-state index in [2.05, 4.69) is 0 Å². The van der Waals surface area contributed by atoms with Crippen LogP contribution in [0.5, 0.6) is 0 Å². The van der Waals surface area contributed by atoms with Gasteiger partial charge in [-0.3, -0.25) is 4.79 Å². The zero-order valence-corrected chi connectivity index (χ0v) is 9.92. The molecule has 3 heteroatoms. The number of carbonyl (C=O) groups is 1. The Balaban J connectivity index is 0.000000492. The highest BCUT2D eigenvalue weighted by Gasteiger charge is 2.01. The maximum Gasteiger partial charge on any atom is 0.373 e. The molecule has 2 aromatic rings. The second-order valence-electron chi connectivity index (χ2n) is 3.59. The second kappa shape index (κ2) is 6.94. The highest BCUT2D eigenvalue weighted by Crippen LogP contribution is 2.19. The minimum atomic E-state index is 0.104. The van der Waals surface area contributed by atoms with E-state index in [-0.39, 0.29) is 11.9 Å². The maximum atomic E-state index is 11.2. The van der Waals surface area contributed by atoms with Crippen molar-refractivity contribution in [2.75, 3.05) is 0 Å². The number of benzene rings is 2. The van der Waals surface area contributed by atoms with Crippen LogP contribution in [-0.2, 0) is 9.59 Å². The molecule has 0 bridgehead atoms. The van der Waals surface area contributed by atoms with Crippen LogP contribution in [0.1, 0.15) is 17.3 Å². The minimum absolute atomic E-state index is 0.104. The summed E-state index contributed by atoms with van der Waals surface area (Å²) >= 11 is 0. The Hall–Kier alpha value is -2.51. The summed E-state index contributed by atoms with van der Waals surface area (Å²) in [6.07, 6.45) is 0.250. The molecule has 0 aromatic heterocycles. The minimum Gasteiger partial charge on any atom is -0.295 e. The molecule has 0 saturated heterocycles. The molecule has 0 atom stereocenters. The summed E-state index contributed by atoms with van der Waals surface area (Å²) < 4.78 is 0. The van der Waals surface area contributed by atoms with Gasteiger partial charge in [0.2, 0.25) is 0 Å². The molecule has 0 saturated carbocycles. The van der Waals surface area contributed by atoms with E-state index in [9.17, 15) is 4.79 Å². The fourth-order valence-electron chi connectivity index (χ4n) is 1.55. The zero-order chi connectivity index (χ0) is 13.4. The Kier molecular flexibility index (Phi) is 5.23. The lowest BCUT2D eigenvalue weighted by molar-refractivity contribution is -0.191.